The van der Waals surface area contributed by atoms with E-state index < -0.39 is 11.8 Å². The maximum absolute atomic E-state index is 15.1. The lowest BCUT2D eigenvalue weighted by Gasteiger charge is -2.33. The third-order valence-corrected chi connectivity index (χ3v) is 6.23. The molecule has 8 heteroatoms. The molecule has 1 saturated heterocycles. The van der Waals surface area contributed by atoms with E-state index in [4.69, 9.17) is 9.84 Å². The predicted molar refractivity (Wildman–Crippen MR) is 138 cm³/mol. The molecule has 2 aliphatic heterocycles. The number of halogens is 1. The number of ether oxygens (including phenoxy) is 1. The summed E-state index contributed by atoms with van der Waals surface area (Å²) in [5.74, 6) is -0.546. The standard InChI is InChI=1S/C27H33FN4O3/c1-4-21(8-7-19(2)32-14-11-20(12-15-32)16-26(33)34)22-9-10-23(24(28)17-22)27-29-13-5-6-25(35-3)30-18-31-27/h4-5,7-10,13,17-18,20,25H,1,6,11-12,14-16H2,2-3H3,(H,33,34)(H,29,30,31)/b13-5+,19-7+,21-8+. The number of amidine groups is 1. The van der Waals surface area contributed by atoms with Crippen LogP contribution < -0.4 is 5.32 Å². The van der Waals surface area contributed by atoms with Gasteiger partial charge in [-0.15, -0.1) is 0 Å². The molecule has 0 amide bonds. The van der Waals surface area contributed by atoms with Crippen LogP contribution in [0.1, 0.15) is 43.7 Å². The van der Waals surface area contributed by atoms with Gasteiger partial charge in [-0.05, 0) is 61.2 Å². The third-order valence-electron chi connectivity index (χ3n) is 6.23. The van der Waals surface area contributed by atoms with Gasteiger partial charge in [0.2, 0.25) is 0 Å². The summed E-state index contributed by atoms with van der Waals surface area (Å²) in [7, 11) is 1.58. The molecule has 0 saturated carbocycles. The van der Waals surface area contributed by atoms with Gasteiger partial charge < -0.3 is 20.1 Å². The molecular formula is C27H33FN4O3. The van der Waals surface area contributed by atoms with E-state index in [0.717, 1.165) is 37.2 Å². The number of aliphatic imine (C=N–C) groups is 2. The lowest BCUT2D eigenvalue weighted by molar-refractivity contribution is -0.138. The molecule has 1 aromatic rings. The highest BCUT2D eigenvalue weighted by atomic mass is 19.1. The van der Waals surface area contributed by atoms with Crippen LogP contribution in [0.5, 0.6) is 0 Å². The number of nitrogens with one attached hydrogen (secondary N) is 1. The Labute approximate surface area is 206 Å². The molecule has 35 heavy (non-hydrogen) atoms. The lowest BCUT2D eigenvalue weighted by Crippen LogP contribution is -2.33. The van der Waals surface area contributed by atoms with E-state index in [9.17, 15) is 4.79 Å². The summed E-state index contributed by atoms with van der Waals surface area (Å²) in [5, 5.41) is 12.0. The molecule has 1 fully saturated rings. The Kier molecular flexibility index (Phi) is 9.55. The molecule has 2 N–H and O–H groups in total. The number of hydrogen-bond acceptors (Lipinski definition) is 6. The Morgan fingerprint density at radius 3 is 2.77 bits per heavy atom. The Bertz CT molecular complexity index is 1070. The van der Waals surface area contributed by atoms with Gasteiger partial charge in [0.05, 0.1) is 5.56 Å². The number of carboxylic acids is 1. The molecule has 0 radical (unpaired) electrons. The quantitative estimate of drug-likeness (QED) is 0.525. The molecule has 1 unspecified atom stereocenters. The molecule has 3 rings (SSSR count). The predicted octanol–water partition coefficient (Wildman–Crippen LogP) is 4.74. The summed E-state index contributed by atoms with van der Waals surface area (Å²) < 4.78 is 20.3. The van der Waals surface area contributed by atoms with Crippen molar-refractivity contribution in [1.82, 2.24) is 10.2 Å². The van der Waals surface area contributed by atoms with Crippen molar-refractivity contribution in [2.45, 2.75) is 38.8 Å². The molecule has 1 aromatic carbocycles. The first-order chi connectivity index (χ1) is 16.9. The van der Waals surface area contributed by atoms with Crippen molar-refractivity contribution >= 4 is 23.7 Å². The number of allylic oxidation sites excluding steroid dienone is 5. The van der Waals surface area contributed by atoms with Crippen LogP contribution in [0.3, 0.4) is 0 Å². The van der Waals surface area contributed by atoms with Gasteiger partial charge in [0.25, 0.3) is 0 Å². The van der Waals surface area contributed by atoms with Gasteiger partial charge in [-0.2, -0.15) is 0 Å². The molecule has 0 bridgehead atoms. The van der Waals surface area contributed by atoms with E-state index >= 15 is 4.39 Å². The maximum atomic E-state index is 15.1. The highest BCUT2D eigenvalue weighted by Gasteiger charge is 2.21. The normalized spacial score (nSPS) is 21.7. The van der Waals surface area contributed by atoms with E-state index in [-0.39, 0.29) is 18.6 Å². The van der Waals surface area contributed by atoms with Crippen LogP contribution in [-0.2, 0) is 9.53 Å². The summed E-state index contributed by atoms with van der Waals surface area (Å²) in [6.07, 6.45) is 12.8. The van der Waals surface area contributed by atoms with E-state index in [1.54, 1.807) is 25.5 Å². The molecule has 7 nitrogen and oxygen atoms in total. The Hall–Kier alpha value is -3.52. The molecule has 2 heterocycles. The van der Waals surface area contributed by atoms with Gasteiger partial charge in [-0.1, -0.05) is 30.9 Å². The van der Waals surface area contributed by atoms with Crippen molar-refractivity contribution in [1.29, 1.82) is 0 Å². The van der Waals surface area contributed by atoms with E-state index in [2.05, 4.69) is 26.8 Å². The zero-order chi connectivity index (χ0) is 25.2. The first-order valence-corrected chi connectivity index (χ1v) is 11.7. The number of carbonyl (C=O) groups is 1. The minimum Gasteiger partial charge on any atom is -0.481 e. The highest BCUT2D eigenvalue weighted by Crippen LogP contribution is 2.24. The summed E-state index contributed by atoms with van der Waals surface area (Å²) in [6.45, 7) is 7.59. The Morgan fingerprint density at radius 1 is 1.34 bits per heavy atom. The fourth-order valence-corrected chi connectivity index (χ4v) is 4.11. The summed E-state index contributed by atoms with van der Waals surface area (Å²) in [6, 6.07) is 4.99. The third kappa shape index (κ3) is 7.48. The van der Waals surface area contributed by atoms with Gasteiger partial charge in [0.1, 0.15) is 18.0 Å². The van der Waals surface area contributed by atoms with Crippen molar-refractivity contribution in [3.05, 3.63) is 77.9 Å². The van der Waals surface area contributed by atoms with Crippen LogP contribution in [0.2, 0.25) is 0 Å². The second-order valence-corrected chi connectivity index (χ2v) is 8.57. The van der Waals surface area contributed by atoms with Crippen LogP contribution in [-0.4, -0.2) is 54.6 Å². The molecule has 2 aliphatic rings. The SMILES string of the molecule is C=C/C(=C\C=C(/C)N1CCC(CC(=O)O)CC1)c1ccc(C2=N/C=N/C(OC)C/C=C/N2)c(F)c1. The fourth-order valence-electron chi connectivity index (χ4n) is 4.11. The van der Waals surface area contributed by atoms with Crippen molar-refractivity contribution in [2.75, 3.05) is 20.2 Å². The Balaban J connectivity index is 1.73. The van der Waals surface area contributed by atoms with Gasteiger partial charge in [0.15, 0.2) is 6.23 Å². The number of nitrogens with zero attached hydrogens (tertiary/aromatic N) is 3. The zero-order valence-corrected chi connectivity index (χ0v) is 20.3. The number of carboxylic acid groups (broad SMARTS) is 1. The average Bonchev–Trinajstić information content (AvgIpc) is 2.96. The number of rotatable bonds is 8. The zero-order valence-electron chi connectivity index (χ0n) is 20.3. The second-order valence-electron chi connectivity index (χ2n) is 8.57. The number of piperidine rings is 1. The van der Waals surface area contributed by atoms with E-state index in [1.807, 2.05) is 31.2 Å². The summed E-state index contributed by atoms with van der Waals surface area (Å²) in [4.78, 5) is 21.7. The topological polar surface area (TPSA) is 86.5 Å². The average molecular weight is 481 g/mol. The number of methoxy groups -OCH3 is 1. The molecular weight excluding hydrogens is 447 g/mol. The molecule has 0 aliphatic carbocycles. The maximum Gasteiger partial charge on any atom is 0.303 e. The monoisotopic (exact) mass is 480 g/mol. The van der Waals surface area contributed by atoms with Crippen molar-refractivity contribution in [2.24, 2.45) is 15.9 Å². The van der Waals surface area contributed by atoms with Crippen LogP contribution in [0.15, 0.2) is 71.0 Å². The Morgan fingerprint density at radius 2 is 2.11 bits per heavy atom. The second kappa shape index (κ2) is 12.8. The van der Waals surface area contributed by atoms with Crippen molar-refractivity contribution in [3.63, 3.8) is 0 Å². The summed E-state index contributed by atoms with van der Waals surface area (Å²) in [5.41, 5.74) is 2.92. The number of benzene rings is 1. The molecule has 0 aromatic heterocycles. The number of likely N-dealkylation sites (tertiary alicyclic amines) is 1. The minimum atomic E-state index is -0.732. The van der Waals surface area contributed by atoms with E-state index in [1.165, 1.54) is 12.4 Å². The lowest BCUT2D eigenvalue weighted by atomic mass is 9.93. The smallest absolute Gasteiger partial charge is 0.303 e. The first-order valence-electron chi connectivity index (χ1n) is 11.7. The molecule has 186 valence electrons. The summed E-state index contributed by atoms with van der Waals surface area (Å²) >= 11 is 0. The fraction of sp³-hybridized carbons (Fsp3) is 0.370. The number of aliphatic carboxylic acids is 1. The van der Waals surface area contributed by atoms with Gasteiger partial charge >= 0.3 is 5.97 Å². The number of hydrogen-bond donors (Lipinski definition) is 2. The van der Waals surface area contributed by atoms with Crippen molar-refractivity contribution < 1.29 is 19.0 Å². The first kappa shape index (κ1) is 26.1. The minimum absolute atomic E-state index is 0.234. The van der Waals surface area contributed by atoms with Gasteiger partial charge in [0, 0.05) is 38.7 Å². The largest absolute Gasteiger partial charge is 0.481 e. The molecule has 1 atom stereocenters. The van der Waals surface area contributed by atoms with Crippen LogP contribution in [0, 0.1) is 11.7 Å². The van der Waals surface area contributed by atoms with Crippen LogP contribution in [0.25, 0.3) is 5.57 Å². The highest BCUT2D eigenvalue weighted by molar-refractivity contribution is 6.03. The van der Waals surface area contributed by atoms with Crippen molar-refractivity contribution in [3.8, 4) is 0 Å². The van der Waals surface area contributed by atoms with Gasteiger partial charge in [-0.3, -0.25) is 4.79 Å². The van der Waals surface area contributed by atoms with Crippen LogP contribution >= 0.6 is 0 Å². The molecule has 0 spiro atoms. The van der Waals surface area contributed by atoms with Crippen LogP contribution in [0.4, 0.5) is 4.39 Å². The van der Waals surface area contributed by atoms with E-state index in [0.29, 0.717) is 23.4 Å². The van der Waals surface area contributed by atoms with Gasteiger partial charge in [-0.25, -0.2) is 14.4 Å².